The largest absolute Gasteiger partial charge is 0.349 e. The van der Waals surface area contributed by atoms with Crippen molar-refractivity contribution >= 4 is 17.5 Å². The van der Waals surface area contributed by atoms with E-state index < -0.39 is 0 Å². The fourth-order valence-electron chi connectivity index (χ4n) is 1.30. The molecule has 1 aliphatic heterocycles. The van der Waals surface area contributed by atoms with Gasteiger partial charge in [-0.2, -0.15) is 0 Å². The van der Waals surface area contributed by atoms with Gasteiger partial charge in [0.05, 0.1) is 12.5 Å². The summed E-state index contributed by atoms with van der Waals surface area (Å²) in [5.74, 6) is 0.0971. The van der Waals surface area contributed by atoms with E-state index in [1.165, 1.54) is 0 Å². The van der Waals surface area contributed by atoms with E-state index in [-0.39, 0.29) is 11.9 Å². The lowest BCUT2D eigenvalue weighted by Gasteiger charge is -2.27. The summed E-state index contributed by atoms with van der Waals surface area (Å²) in [5.41, 5.74) is 1.01. The van der Waals surface area contributed by atoms with Gasteiger partial charge in [0, 0.05) is 5.02 Å². The molecule has 1 unspecified atom stereocenters. The third-order valence-corrected chi connectivity index (χ3v) is 2.35. The fraction of sp³-hybridized carbons (Fsp3) is 0.222. The number of benzene rings is 1. The van der Waals surface area contributed by atoms with E-state index in [4.69, 9.17) is 11.6 Å². The van der Waals surface area contributed by atoms with Crippen molar-refractivity contribution in [3.63, 3.8) is 0 Å². The van der Waals surface area contributed by atoms with Crippen molar-refractivity contribution in [1.29, 1.82) is 0 Å². The normalized spacial score (nSPS) is 21.4. The summed E-state index contributed by atoms with van der Waals surface area (Å²) in [6, 6.07) is 7.71. The van der Waals surface area contributed by atoms with Gasteiger partial charge in [-0.1, -0.05) is 29.8 Å². The molecule has 1 heterocycles. The number of nitrogens with one attached hydrogen (secondary N) is 1. The Kier molecular flexibility index (Phi) is 1.77. The first-order chi connectivity index (χ1) is 5.77. The number of hydrogen-bond donors (Lipinski definition) is 1. The second-order valence-electron chi connectivity index (χ2n) is 2.85. The standard InChI is InChI=1S/C9H8ClNO/c10-7-4-2-1-3-6(7)8-5-9(12)11-8/h1-4,8H,5H2,(H,11,12). The molecule has 1 amide bonds. The molecule has 0 bridgehead atoms. The van der Waals surface area contributed by atoms with E-state index in [2.05, 4.69) is 5.32 Å². The number of halogens is 1. The monoisotopic (exact) mass is 181 g/mol. The lowest BCUT2D eigenvalue weighted by molar-refractivity contribution is -0.128. The van der Waals surface area contributed by atoms with Crippen molar-refractivity contribution in [3.8, 4) is 0 Å². The van der Waals surface area contributed by atoms with Gasteiger partial charge >= 0.3 is 0 Å². The van der Waals surface area contributed by atoms with E-state index >= 15 is 0 Å². The average Bonchev–Trinajstić information content (AvgIpc) is 2.01. The summed E-state index contributed by atoms with van der Waals surface area (Å²) in [4.78, 5) is 10.6. The highest BCUT2D eigenvalue weighted by Crippen LogP contribution is 2.29. The Morgan fingerprint density at radius 2 is 2.08 bits per heavy atom. The van der Waals surface area contributed by atoms with Crippen LogP contribution in [0.15, 0.2) is 24.3 Å². The summed E-state index contributed by atoms with van der Waals surface area (Å²) in [6.45, 7) is 0. The van der Waals surface area contributed by atoms with Crippen LogP contribution < -0.4 is 5.32 Å². The Morgan fingerprint density at radius 3 is 2.67 bits per heavy atom. The van der Waals surface area contributed by atoms with Gasteiger partial charge in [-0.3, -0.25) is 4.79 Å². The van der Waals surface area contributed by atoms with Crippen LogP contribution in [0.1, 0.15) is 18.0 Å². The highest BCUT2D eigenvalue weighted by atomic mass is 35.5. The van der Waals surface area contributed by atoms with E-state index in [0.29, 0.717) is 6.42 Å². The van der Waals surface area contributed by atoms with Gasteiger partial charge in [0.2, 0.25) is 5.91 Å². The fourth-order valence-corrected chi connectivity index (χ4v) is 1.57. The molecule has 2 nitrogen and oxygen atoms in total. The Balaban J connectivity index is 2.23. The first-order valence-corrected chi connectivity index (χ1v) is 4.19. The van der Waals surface area contributed by atoms with Crippen molar-refractivity contribution in [2.24, 2.45) is 0 Å². The van der Waals surface area contributed by atoms with E-state index in [1.54, 1.807) is 0 Å². The van der Waals surface area contributed by atoms with Gasteiger partial charge in [-0.25, -0.2) is 0 Å². The number of carbonyl (C=O) groups is 1. The van der Waals surface area contributed by atoms with Gasteiger partial charge in [0.25, 0.3) is 0 Å². The first-order valence-electron chi connectivity index (χ1n) is 3.81. The molecule has 0 aliphatic carbocycles. The van der Waals surface area contributed by atoms with Crippen LogP contribution in [0.2, 0.25) is 5.02 Å². The van der Waals surface area contributed by atoms with Crippen LogP contribution in [0.25, 0.3) is 0 Å². The third kappa shape index (κ3) is 1.18. The van der Waals surface area contributed by atoms with Crippen molar-refractivity contribution in [2.45, 2.75) is 12.5 Å². The minimum absolute atomic E-state index is 0.0971. The number of hydrogen-bond acceptors (Lipinski definition) is 1. The summed E-state index contributed by atoms with van der Waals surface area (Å²) in [5, 5.41) is 3.50. The molecule has 1 N–H and O–H groups in total. The lowest BCUT2D eigenvalue weighted by Crippen LogP contribution is -2.41. The Morgan fingerprint density at radius 1 is 1.42 bits per heavy atom. The molecule has 1 aromatic rings. The van der Waals surface area contributed by atoms with Crippen LogP contribution in [-0.4, -0.2) is 5.91 Å². The predicted molar refractivity (Wildman–Crippen MR) is 47.0 cm³/mol. The maximum atomic E-state index is 10.6. The molecule has 62 valence electrons. The quantitative estimate of drug-likeness (QED) is 0.659. The smallest absolute Gasteiger partial charge is 0.222 e. The molecule has 1 saturated heterocycles. The maximum Gasteiger partial charge on any atom is 0.222 e. The van der Waals surface area contributed by atoms with E-state index in [9.17, 15) is 4.79 Å². The molecule has 0 aromatic heterocycles. The Bertz CT molecular complexity index is 316. The minimum Gasteiger partial charge on any atom is -0.349 e. The van der Waals surface area contributed by atoms with Crippen LogP contribution >= 0.6 is 11.6 Å². The first kappa shape index (κ1) is 7.62. The minimum atomic E-state index is 0.0971. The molecule has 1 aromatic carbocycles. The lowest BCUT2D eigenvalue weighted by atomic mass is 9.97. The van der Waals surface area contributed by atoms with Gasteiger partial charge in [0.1, 0.15) is 0 Å². The van der Waals surface area contributed by atoms with Gasteiger partial charge in [0.15, 0.2) is 0 Å². The van der Waals surface area contributed by atoms with Crippen LogP contribution in [0.4, 0.5) is 0 Å². The second kappa shape index (κ2) is 2.79. The van der Waals surface area contributed by atoms with Gasteiger partial charge in [-0.05, 0) is 11.6 Å². The Labute approximate surface area is 75.5 Å². The summed E-state index contributed by atoms with van der Waals surface area (Å²) < 4.78 is 0. The molecular weight excluding hydrogens is 174 g/mol. The summed E-state index contributed by atoms with van der Waals surface area (Å²) >= 11 is 5.93. The van der Waals surface area contributed by atoms with Crippen LogP contribution in [0, 0.1) is 0 Å². The molecule has 1 atom stereocenters. The number of carbonyl (C=O) groups excluding carboxylic acids is 1. The number of amides is 1. The maximum absolute atomic E-state index is 10.6. The van der Waals surface area contributed by atoms with Crippen molar-refractivity contribution in [3.05, 3.63) is 34.9 Å². The summed E-state index contributed by atoms with van der Waals surface area (Å²) in [7, 11) is 0. The van der Waals surface area contributed by atoms with Crippen LogP contribution in [-0.2, 0) is 4.79 Å². The molecule has 0 spiro atoms. The summed E-state index contributed by atoms with van der Waals surface area (Å²) in [6.07, 6.45) is 0.559. The molecule has 2 rings (SSSR count). The molecule has 0 saturated carbocycles. The molecule has 1 fully saturated rings. The topological polar surface area (TPSA) is 29.1 Å². The van der Waals surface area contributed by atoms with Gasteiger partial charge < -0.3 is 5.32 Å². The highest BCUT2D eigenvalue weighted by molar-refractivity contribution is 6.31. The second-order valence-corrected chi connectivity index (χ2v) is 3.25. The predicted octanol–water partition coefficient (Wildman–Crippen LogP) is 1.90. The number of rotatable bonds is 1. The van der Waals surface area contributed by atoms with Crippen molar-refractivity contribution < 1.29 is 4.79 Å². The molecule has 0 radical (unpaired) electrons. The molecule has 1 aliphatic rings. The Hall–Kier alpha value is -1.02. The molecule has 12 heavy (non-hydrogen) atoms. The van der Waals surface area contributed by atoms with Crippen LogP contribution in [0.3, 0.4) is 0 Å². The highest BCUT2D eigenvalue weighted by Gasteiger charge is 2.27. The molecular formula is C9H8ClNO. The van der Waals surface area contributed by atoms with Crippen LogP contribution in [0.5, 0.6) is 0 Å². The number of β-lactam (4-membered cyclic amide) rings is 1. The van der Waals surface area contributed by atoms with Crippen molar-refractivity contribution in [1.82, 2.24) is 5.32 Å². The SMILES string of the molecule is O=C1CC(c2ccccc2Cl)N1. The zero-order chi connectivity index (χ0) is 8.55. The zero-order valence-electron chi connectivity index (χ0n) is 6.38. The third-order valence-electron chi connectivity index (χ3n) is 2.01. The average molecular weight is 182 g/mol. The molecule has 3 heteroatoms. The van der Waals surface area contributed by atoms with Crippen molar-refractivity contribution in [2.75, 3.05) is 0 Å². The van der Waals surface area contributed by atoms with E-state index in [1.807, 2.05) is 24.3 Å². The zero-order valence-corrected chi connectivity index (χ0v) is 7.14. The van der Waals surface area contributed by atoms with E-state index in [0.717, 1.165) is 10.6 Å². The van der Waals surface area contributed by atoms with Gasteiger partial charge in [-0.15, -0.1) is 0 Å².